The number of benzene rings is 1. The molecule has 3 aromatic rings. The fourth-order valence-electron chi connectivity index (χ4n) is 3.30. The molecule has 0 saturated carbocycles. The van der Waals surface area contributed by atoms with Gasteiger partial charge in [0, 0.05) is 12.7 Å². The van der Waals surface area contributed by atoms with Crippen molar-refractivity contribution < 1.29 is 13.7 Å². The highest BCUT2D eigenvalue weighted by Crippen LogP contribution is 2.45. The van der Waals surface area contributed by atoms with Crippen LogP contribution >= 0.6 is 0 Å². The van der Waals surface area contributed by atoms with Crippen LogP contribution in [0.4, 0.5) is 10.1 Å². The maximum Gasteiger partial charge on any atom is 0.296 e. The first-order valence-electron chi connectivity index (χ1n) is 8.74. The Morgan fingerprint density at radius 2 is 2.00 bits per heavy atom. The van der Waals surface area contributed by atoms with Gasteiger partial charge in [0.05, 0.1) is 11.9 Å². The molecular formula is C18H15FN8O2. The number of anilines is 1. The lowest BCUT2D eigenvalue weighted by atomic mass is 10.1. The molecule has 2 aromatic heterocycles. The number of rotatable bonds is 3. The van der Waals surface area contributed by atoms with E-state index in [1.807, 2.05) is 18.3 Å². The third kappa shape index (κ3) is 2.29. The second kappa shape index (κ2) is 5.86. The summed E-state index contributed by atoms with van der Waals surface area (Å²) in [6.07, 6.45) is 1.54. The number of ether oxygens (including phenoxy) is 1. The number of methoxy groups -OCH3 is 1. The first-order chi connectivity index (χ1) is 14.0. The lowest BCUT2D eigenvalue weighted by Gasteiger charge is -2.31. The van der Waals surface area contributed by atoms with Crippen LogP contribution in [0.1, 0.15) is 19.7 Å². The van der Waals surface area contributed by atoms with Crippen molar-refractivity contribution >= 4 is 11.5 Å². The van der Waals surface area contributed by atoms with Crippen LogP contribution in [0.3, 0.4) is 0 Å². The molecule has 0 fully saturated rings. The molecule has 1 unspecified atom stereocenters. The van der Waals surface area contributed by atoms with Crippen molar-refractivity contribution in [1.29, 1.82) is 5.26 Å². The highest BCUT2D eigenvalue weighted by atomic mass is 19.1. The first kappa shape index (κ1) is 17.3. The van der Waals surface area contributed by atoms with Crippen molar-refractivity contribution in [3.63, 3.8) is 0 Å². The van der Waals surface area contributed by atoms with Crippen LogP contribution in [0.5, 0.6) is 0 Å². The van der Waals surface area contributed by atoms with Gasteiger partial charge in [-0.05, 0) is 26.0 Å². The van der Waals surface area contributed by atoms with Crippen molar-refractivity contribution in [3.8, 4) is 29.3 Å². The maximum atomic E-state index is 15.0. The standard InChI is InChI=1S/C18H15FN8O2/c1-18(2,28-3)16-21-15(29-24-16)14-23-22-13-10-6-4-5-7-11(10)26-12(27(13)14)8-25(9-20)17(26)19/h4-8,17H,1-3H3. The molecule has 29 heavy (non-hydrogen) atoms. The molecule has 0 radical (unpaired) electrons. The molecule has 2 aliphatic rings. The van der Waals surface area contributed by atoms with E-state index in [0.29, 0.717) is 28.7 Å². The Kier molecular flexibility index (Phi) is 3.50. The first-order valence-corrected chi connectivity index (χ1v) is 8.74. The molecule has 2 aliphatic heterocycles. The zero-order valence-corrected chi connectivity index (χ0v) is 15.7. The lowest BCUT2D eigenvalue weighted by Crippen LogP contribution is -2.36. The molecule has 10 nitrogen and oxygen atoms in total. The molecule has 0 N–H and O–H groups in total. The van der Waals surface area contributed by atoms with E-state index in [-0.39, 0.29) is 11.7 Å². The Morgan fingerprint density at radius 3 is 2.76 bits per heavy atom. The second-order valence-electron chi connectivity index (χ2n) is 7.01. The molecule has 1 aromatic carbocycles. The largest absolute Gasteiger partial charge is 0.371 e. The number of aromatic nitrogens is 5. The molecular weight excluding hydrogens is 379 g/mol. The normalized spacial score (nSPS) is 17.5. The van der Waals surface area contributed by atoms with Crippen LogP contribution in [-0.4, -0.2) is 43.3 Å². The van der Waals surface area contributed by atoms with Crippen LogP contribution in [-0.2, 0) is 10.3 Å². The molecule has 11 heteroatoms. The minimum absolute atomic E-state index is 0.106. The van der Waals surface area contributed by atoms with E-state index >= 15 is 0 Å². The Balaban J connectivity index is 1.72. The van der Waals surface area contributed by atoms with Gasteiger partial charge < -0.3 is 9.26 Å². The molecule has 146 valence electrons. The van der Waals surface area contributed by atoms with E-state index in [9.17, 15) is 9.65 Å². The molecule has 0 bridgehead atoms. The summed E-state index contributed by atoms with van der Waals surface area (Å²) in [5, 5.41) is 21.8. The number of para-hydroxylation sites is 1. The van der Waals surface area contributed by atoms with Crippen LogP contribution in [0.2, 0.25) is 0 Å². The SMILES string of the molecule is COC(C)(C)c1noc(-c2nnc3n2C2=CN(C#N)C(F)N2c2ccccc2-3)n1. The van der Waals surface area contributed by atoms with Crippen molar-refractivity contribution in [2.45, 2.75) is 25.9 Å². The lowest BCUT2D eigenvalue weighted by molar-refractivity contribution is 0.00973. The van der Waals surface area contributed by atoms with Crippen molar-refractivity contribution in [1.82, 2.24) is 29.8 Å². The highest BCUT2D eigenvalue weighted by Gasteiger charge is 2.42. The van der Waals surface area contributed by atoms with Gasteiger partial charge in [0.15, 0.2) is 12.0 Å². The minimum Gasteiger partial charge on any atom is -0.371 e. The van der Waals surface area contributed by atoms with Gasteiger partial charge >= 0.3 is 0 Å². The number of nitriles is 1. The summed E-state index contributed by atoms with van der Waals surface area (Å²) in [5.74, 6) is 1.54. The summed E-state index contributed by atoms with van der Waals surface area (Å²) in [4.78, 5) is 6.70. The van der Waals surface area contributed by atoms with E-state index in [2.05, 4.69) is 20.3 Å². The van der Waals surface area contributed by atoms with Crippen LogP contribution in [0, 0.1) is 11.5 Å². The Hall–Kier alpha value is -3.78. The summed E-state index contributed by atoms with van der Waals surface area (Å²) >= 11 is 0. The van der Waals surface area contributed by atoms with Gasteiger partial charge in [0.1, 0.15) is 11.4 Å². The molecule has 0 saturated heterocycles. The topological polar surface area (TPSA) is 109 Å². The summed E-state index contributed by atoms with van der Waals surface area (Å²) < 4.78 is 27.4. The summed E-state index contributed by atoms with van der Waals surface area (Å²) in [6, 6.07) is 7.19. The molecule has 0 aliphatic carbocycles. The van der Waals surface area contributed by atoms with E-state index in [1.165, 1.54) is 11.1 Å². The van der Waals surface area contributed by atoms with Crippen molar-refractivity contribution in [2.75, 3.05) is 12.0 Å². The van der Waals surface area contributed by atoms with E-state index < -0.39 is 12.0 Å². The van der Waals surface area contributed by atoms with Crippen LogP contribution in [0.15, 0.2) is 35.0 Å². The summed E-state index contributed by atoms with van der Waals surface area (Å²) in [5.41, 5.74) is 0.490. The monoisotopic (exact) mass is 394 g/mol. The Morgan fingerprint density at radius 1 is 1.24 bits per heavy atom. The number of nitrogens with zero attached hydrogens (tertiary/aromatic N) is 8. The number of halogens is 1. The van der Waals surface area contributed by atoms with Gasteiger partial charge in [-0.1, -0.05) is 17.3 Å². The van der Waals surface area contributed by atoms with E-state index in [0.717, 1.165) is 4.90 Å². The molecule has 0 amide bonds. The second-order valence-corrected chi connectivity index (χ2v) is 7.01. The third-order valence-electron chi connectivity index (χ3n) is 5.02. The van der Waals surface area contributed by atoms with Crippen molar-refractivity contribution in [2.24, 2.45) is 0 Å². The summed E-state index contributed by atoms with van der Waals surface area (Å²) in [6.45, 7) is 3.60. The predicted molar refractivity (Wildman–Crippen MR) is 97.9 cm³/mol. The Labute approximate surface area is 164 Å². The molecule has 4 heterocycles. The molecule has 1 atom stereocenters. The predicted octanol–water partition coefficient (Wildman–Crippen LogP) is 2.50. The van der Waals surface area contributed by atoms with Gasteiger partial charge in [-0.2, -0.15) is 14.6 Å². The fraction of sp³-hybridized carbons (Fsp3) is 0.278. The number of alkyl halides is 1. The Bertz CT molecular complexity index is 1190. The van der Waals surface area contributed by atoms with Gasteiger partial charge in [-0.25, -0.2) is 4.90 Å². The van der Waals surface area contributed by atoms with Crippen molar-refractivity contribution in [3.05, 3.63) is 36.3 Å². The molecule has 5 rings (SSSR count). The highest BCUT2D eigenvalue weighted by molar-refractivity contribution is 5.90. The molecule has 0 spiro atoms. The zero-order valence-electron chi connectivity index (χ0n) is 15.7. The zero-order chi connectivity index (χ0) is 20.3. The average Bonchev–Trinajstić information content (AvgIpc) is 3.44. The minimum atomic E-state index is -1.69. The maximum absolute atomic E-state index is 15.0. The van der Waals surface area contributed by atoms with Crippen LogP contribution < -0.4 is 4.90 Å². The summed E-state index contributed by atoms with van der Waals surface area (Å²) in [7, 11) is 1.55. The third-order valence-corrected chi connectivity index (χ3v) is 5.02. The van der Waals surface area contributed by atoms with Gasteiger partial charge in [0.25, 0.3) is 12.3 Å². The van der Waals surface area contributed by atoms with Gasteiger partial charge in [-0.3, -0.25) is 9.47 Å². The smallest absolute Gasteiger partial charge is 0.296 e. The van der Waals surface area contributed by atoms with E-state index in [4.69, 9.17) is 9.26 Å². The quantitative estimate of drug-likeness (QED) is 0.489. The number of hydrogen-bond donors (Lipinski definition) is 0. The van der Waals surface area contributed by atoms with Gasteiger partial charge in [-0.15, -0.1) is 10.2 Å². The number of hydrogen-bond acceptors (Lipinski definition) is 9. The fourth-order valence-corrected chi connectivity index (χ4v) is 3.30. The van der Waals surface area contributed by atoms with E-state index in [1.54, 1.807) is 37.7 Å². The van der Waals surface area contributed by atoms with Crippen LogP contribution in [0.25, 0.3) is 28.9 Å². The average molecular weight is 394 g/mol. The number of fused-ring (bicyclic) bond motifs is 6. The van der Waals surface area contributed by atoms with Gasteiger partial charge in [0.2, 0.25) is 11.6 Å².